The molecule has 0 spiro atoms. The Kier molecular flexibility index (Phi) is 4.20. The minimum absolute atomic E-state index is 0.0752. The number of rotatable bonds is 1. The zero-order chi connectivity index (χ0) is 13.1. The third-order valence-corrected chi connectivity index (χ3v) is 2.42. The van der Waals surface area contributed by atoms with Crippen LogP contribution in [0.5, 0.6) is 0 Å². The van der Waals surface area contributed by atoms with Gasteiger partial charge in [0, 0.05) is 19.1 Å². The first-order chi connectivity index (χ1) is 7.78. The molecule has 3 N–H and O–H groups in total. The Bertz CT molecular complexity index is 299. The summed E-state index contributed by atoms with van der Waals surface area (Å²) in [5.41, 5.74) is 4.56. The quantitative estimate of drug-likeness (QED) is 0.722. The van der Waals surface area contributed by atoms with Crippen molar-refractivity contribution < 1.29 is 14.3 Å². The normalized spacial score (nSPS) is 20.9. The van der Waals surface area contributed by atoms with E-state index in [4.69, 9.17) is 10.5 Å². The molecule has 0 saturated carbocycles. The fourth-order valence-corrected chi connectivity index (χ4v) is 1.79. The zero-order valence-corrected chi connectivity index (χ0v) is 10.7. The molecule has 1 fully saturated rings. The molecule has 6 heteroatoms. The van der Waals surface area contributed by atoms with Gasteiger partial charge in [0.2, 0.25) is 0 Å². The number of nitrogens with zero attached hydrogens (tertiary/aromatic N) is 1. The summed E-state index contributed by atoms with van der Waals surface area (Å²) in [5.74, 6) is 0. The Morgan fingerprint density at radius 1 is 1.41 bits per heavy atom. The lowest BCUT2D eigenvalue weighted by Crippen LogP contribution is -2.51. The summed E-state index contributed by atoms with van der Waals surface area (Å²) < 4.78 is 5.27. The largest absolute Gasteiger partial charge is 0.444 e. The van der Waals surface area contributed by atoms with Crippen LogP contribution in [0.3, 0.4) is 0 Å². The van der Waals surface area contributed by atoms with Gasteiger partial charge in [-0.05, 0) is 33.6 Å². The van der Waals surface area contributed by atoms with Crippen molar-refractivity contribution >= 4 is 12.1 Å². The smallest absolute Gasteiger partial charge is 0.410 e. The Hall–Kier alpha value is -1.46. The maximum absolute atomic E-state index is 11.8. The second kappa shape index (κ2) is 5.25. The first kappa shape index (κ1) is 13.6. The molecule has 1 aliphatic rings. The van der Waals surface area contributed by atoms with Crippen molar-refractivity contribution in [3.63, 3.8) is 0 Å². The number of ether oxygens (including phenoxy) is 1. The molecule has 1 atom stereocenters. The molecule has 1 aliphatic heterocycles. The predicted molar refractivity (Wildman–Crippen MR) is 63.5 cm³/mol. The zero-order valence-electron chi connectivity index (χ0n) is 10.7. The summed E-state index contributed by atoms with van der Waals surface area (Å²) in [6.45, 7) is 6.60. The van der Waals surface area contributed by atoms with Crippen LogP contribution in [0.4, 0.5) is 9.59 Å². The number of primary amides is 1. The molecular formula is C11H21N3O3. The second-order valence-electron chi connectivity index (χ2n) is 5.27. The number of carbonyl (C=O) groups is 2. The third-order valence-electron chi connectivity index (χ3n) is 2.42. The average molecular weight is 243 g/mol. The summed E-state index contributed by atoms with van der Waals surface area (Å²) in [7, 11) is 0. The SMILES string of the molecule is CC(C)(C)OC(=O)N1CCC[C@@H](NC(N)=O)C1. The Morgan fingerprint density at radius 3 is 2.59 bits per heavy atom. The van der Waals surface area contributed by atoms with E-state index in [1.807, 2.05) is 20.8 Å². The van der Waals surface area contributed by atoms with Gasteiger partial charge in [0.05, 0.1) is 0 Å². The molecule has 6 nitrogen and oxygen atoms in total. The van der Waals surface area contributed by atoms with Gasteiger partial charge in [-0.1, -0.05) is 0 Å². The number of urea groups is 1. The van der Waals surface area contributed by atoms with Gasteiger partial charge >= 0.3 is 12.1 Å². The van der Waals surface area contributed by atoms with Gasteiger partial charge in [0.25, 0.3) is 0 Å². The molecule has 0 aromatic carbocycles. The van der Waals surface area contributed by atoms with Gasteiger partial charge in [-0.25, -0.2) is 9.59 Å². The highest BCUT2D eigenvalue weighted by Crippen LogP contribution is 2.15. The van der Waals surface area contributed by atoms with Gasteiger partial charge in [-0.2, -0.15) is 0 Å². The summed E-state index contributed by atoms with van der Waals surface area (Å²) in [6, 6.07) is -0.630. The minimum Gasteiger partial charge on any atom is -0.444 e. The lowest BCUT2D eigenvalue weighted by atomic mass is 10.1. The number of amides is 3. The van der Waals surface area contributed by atoms with E-state index in [0.29, 0.717) is 13.1 Å². The molecule has 17 heavy (non-hydrogen) atoms. The van der Waals surface area contributed by atoms with Crippen LogP contribution in [0, 0.1) is 0 Å². The van der Waals surface area contributed by atoms with E-state index in [2.05, 4.69) is 5.32 Å². The van der Waals surface area contributed by atoms with Crippen molar-refractivity contribution in [1.29, 1.82) is 0 Å². The highest BCUT2D eigenvalue weighted by Gasteiger charge is 2.27. The highest BCUT2D eigenvalue weighted by atomic mass is 16.6. The van der Waals surface area contributed by atoms with Crippen molar-refractivity contribution in [3.05, 3.63) is 0 Å². The number of nitrogens with one attached hydrogen (secondary N) is 1. The lowest BCUT2D eigenvalue weighted by Gasteiger charge is -2.34. The molecule has 0 aromatic heterocycles. The van der Waals surface area contributed by atoms with Crippen LogP contribution in [0.2, 0.25) is 0 Å². The number of nitrogens with two attached hydrogens (primary N) is 1. The Labute approximate surface area is 101 Å². The van der Waals surface area contributed by atoms with Crippen molar-refractivity contribution in [2.75, 3.05) is 13.1 Å². The molecule has 1 rings (SSSR count). The fraction of sp³-hybridized carbons (Fsp3) is 0.818. The summed E-state index contributed by atoms with van der Waals surface area (Å²) >= 11 is 0. The minimum atomic E-state index is -0.555. The van der Waals surface area contributed by atoms with Gasteiger partial charge in [-0.15, -0.1) is 0 Å². The maximum Gasteiger partial charge on any atom is 0.410 e. The van der Waals surface area contributed by atoms with Gasteiger partial charge < -0.3 is 20.7 Å². The molecule has 3 amide bonds. The summed E-state index contributed by atoms with van der Waals surface area (Å²) in [6.07, 6.45) is 1.33. The van der Waals surface area contributed by atoms with E-state index >= 15 is 0 Å². The number of piperidine rings is 1. The monoisotopic (exact) mass is 243 g/mol. The molecular weight excluding hydrogens is 222 g/mol. The number of hydrogen-bond donors (Lipinski definition) is 2. The topological polar surface area (TPSA) is 84.7 Å². The Balaban J connectivity index is 2.49. The molecule has 0 bridgehead atoms. The van der Waals surface area contributed by atoms with Gasteiger partial charge in [0.1, 0.15) is 5.60 Å². The molecule has 0 unspecified atom stereocenters. The molecule has 0 aromatic rings. The predicted octanol–water partition coefficient (Wildman–Crippen LogP) is 1.05. The summed E-state index contributed by atoms with van der Waals surface area (Å²) in [5, 5.41) is 2.62. The number of likely N-dealkylation sites (tertiary alicyclic amines) is 1. The van der Waals surface area contributed by atoms with Crippen molar-refractivity contribution in [1.82, 2.24) is 10.2 Å². The van der Waals surface area contributed by atoms with Crippen LogP contribution < -0.4 is 11.1 Å². The molecule has 1 saturated heterocycles. The van der Waals surface area contributed by atoms with E-state index in [9.17, 15) is 9.59 Å². The highest BCUT2D eigenvalue weighted by molar-refractivity contribution is 5.72. The number of hydrogen-bond acceptors (Lipinski definition) is 3. The standard InChI is InChI=1S/C11H21N3O3/c1-11(2,3)17-10(16)14-6-4-5-8(7-14)13-9(12)15/h8H,4-7H2,1-3H3,(H3,12,13,15)/t8-/m1/s1. The first-order valence-electron chi connectivity index (χ1n) is 5.82. The first-order valence-corrected chi connectivity index (χ1v) is 5.82. The van der Waals surface area contributed by atoms with Crippen LogP contribution in [-0.2, 0) is 4.74 Å². The van der Waals surface area contributed by atoms with Crippen LogP contribution >= 0.6 is 0 Å². The third kappa shape index (κ3) is 4.93. The van der Waals surface area contributed by atoms with Crippen LogP contribution in [-0.4, -0.2) is 41.8 Å². The van der Waals surface area contributed by atoms with E-state index in [1.165, 1.54) is 0 Å². The van der Waals surface area contributed by atoms with E-state index in [-0.39, 0.29) is 12.1 Å². The van der Waals surface area contributed by atoms with Crippen LogP contribution in [0.25, 0.3) is 0 Å². The van der Waals surface area contributed by atoms with Gasteiger partial charge in [-0.3, -0.25) is 0 Å². The van der Waals surface area contributed by atoms with E-state index < -0.39 is 11.6 Å². The average Bonchev–Trinajstić information content (AvgIpc) is 2.14. The van der Waals surface area contributed by atoms with Crippen molar-refractivity contribution in [2.45, 2.75) is 45.3 Å². The van der Waals surface area contributed by atoms with Crippen molar-refractivity contribution in [2.24, 2.45) is 5.73 Å². The summed E-state index contributed by atoms with van der Waals surface area (Å²) in [4.78, 5) is 24.2. The molecule has 0 aliphatic carbocycles. The maximum atomic E-state index is 11.8. The van der Waals surface area contributed by atoms with Crippen LogP contribution in [0.1, 0.15) is 33.6 Å². The second-order valence-corrected chi connectivity index (χ2v) is 5.27. The number of carbonyl (C=O) groups excluding carboxylic acids is 2. The van der Waals surface area contributed by atoms with E-state index in [1.54, 1.807) is 4.90 Å². The van der Waals surface area contributed by atoms with Gasteiger partial charge in [0.15, 0.2) is 0 Å². The van der Waals surface area contributed by atoms with E-state index in [0.717, 1.165) is 12.8 Å². The molecule has 0 radical (unpaired) electrons. The van der Waals surface area contributed by atoms with Crippen molar-refractivity contribution in [3.8, 4) is 0 Å². The van der Waals surface area contributed by atoms with Crippen LogP contribution in [0.15, 0.2) is 0 Å². The fourth-order valence-electron chi connectivity index (χ4n) is 1.79. The Morgan fingerprint density at radius 2 is 2.06 bits per heavy atom. The lowest BCUT2D eigenvalue weighted by molar-refractivity contribution is 0.0191. The molecule has 1 heterocycles. The molecule has 98 valence electrons.